The van der Waals surface area contributed by atoms with Crippen molar-refractivity contribution in [2.75, 3.05) is 7.11 Å². The van der Waals surface area contributed by atoms with Crippen molar-refractivity contribution >= 4 is 40.0 Å². The molecule has 11 heteroatoms. The fourth-order valence-corrected chi connectivity index (χ4v) is 4.89. The molecule has 0 saturated heterocycles. The van der Waals surface area contributed by atoms with E-state index in [9.17, 15) is 9.59 Å². The van der Waals surface area contributed by atoms with E-state index in [-0.39, 0.29) is 22.9 Å². The largest absolute Gasteiger partial charge is 0.495 e. The zero-order valence-corrected chi connectivity index (χ0v) is 22.9. The third kappa shape index (κ3) is 5.41. The first-order valence-corrected chi connectivity index (χ1v) is 13.0. The number of nitrogens with zero attached hydrogens (tertiary/aromatic N) is 6. The molecule has 0 aliphatic rings. The summed E-state index contributed by atoms with van der Waals surface area (Å²) >= 11 is 12.3. The van der Waals surface area contributed by atoms with Crippen molar-refractivity contribution in [1.29, 1.82) is 0 Å². The maximum Gasteiger partial charge on any atom is 0.252 e. The molecule has 39 heavy (non-hydrogen) atoms. The maximum atomic E-state index is 13.5. The molecular weight excluding hydrogens is 539 g/mol. The van der Waals surface area contributed by atoms with Crippen LogP contribution in [-0.4, -0.2) is 42.4 Å². The van der Waals surface area contributed by atoms with Crippen molar-refractivity contribution in [3.8, 4) is 22.6 Å². The molecule has 2 aromatic carbocycles. The van der Waals surface area contributed by atoms with Crippen LogP contribution in [0.5, 0.6) is 5.75 Å². The highest BCUT2D eigenvalue weighted by Crippen LogP contribution is 2.35. The van der Waals surface area contributed by atoms with Gasteiger partial charge in [0.1, 0.15) is 5.75 Å². The highest BCUT2D eigenvalue weighted by atomic mass is 35.5. The van der Waals surface area contributed by atoms with Crippen LogP contribution in [0.15, 0.2) is 65.8 Å². The number of Topliss-reactive ketones (excluding diaryl/α,β-unsaturated/α-hetero) is 1. The summed E-state index contributed by atoms with van der Waals surface area (Å²) < 4.78 is 8.60. The van der Waals surface area contributed by atoms with Gasteiger partial charge in [0.05, 0.1) is 48.0 Å². The predicted octanol–water partition coefficient (Wildman–Crippen LogP) is 5.43. The summed E-state index contributed by atoms with van der Waals surface area (Å²) in [6.07, 6.45) is 5.39. The zero-order chi connectivity index (χ0) is 27.7. The van der Waals surface area contributed by atoms with E-state index in [2.05, 4.69) is 20.3 Å². The van der Waals surface area contributed by atoms with Crippen LogP contribution in [0, 0.1) is 6.92 Å². The Morgan fingerprint density at radius 1 is 1.05 bits per heavy atom. The molecule has 3 aromatic heterocycles. The third-order valence-electron chi connectivity index (χ3n) is 6.42. The van der Waals surface area contributed by atoms with Crippen LogP contribution in [-0.2, 0) is 11.2 Å². The number of halogens is 2. The zero-order valence-electron chi connectivity index (χ0n) is 21.4. The Balaban J connectivity index is 1.52. The molecule has 0 bridgehead atoms. The number of benzene rings is 2. The number of carbonyl (C=O) groups is 1. The lowest BCUT2D eigenvalue weighted by Crippen LogP contribution is -2.30. The summed E-state index contributed by atoms with van der Waals surface area (Å²) in [7, 11) is 1.51. The third-order valence-corrected chi connectivity index (χ3v) is 6.83. The number of hydrogen-bond donors (Lipinski definition) is 0. The number of pyridine rings is 1. The second-order valence-electron chi connectivity index (χ2n) is 9.05. The highest BCUT2D eigenvalue weighted by Gasteiger charge is 2.23. The molecule has 3 heterocycles. The van der Waals surface area contributed by atoms with E-state index in [1.54, 1.807) is 36.8 Å². The second-order valence-corrected chi connectivity index (χ2v) is 9.87. The molecular formula is C28H24Cl2N6O3. The number of rotatable bonds is 8. The molecule has 0 aliphatic heterocycles. The number of ether oxygens (including phenoxy) is 1. The van der Waals surface area contributed by atoms with Gasteiger partial charge in [0, 0.05) is 34.8 Å². The Hall–Kier alpha value is -4.08. The van der Waals surface area contributed by atoms with Crippen LogP contribution in [0.25, 0.3) is 27.8 Å². The summed E-state index contributed by atoms with van der Waals surface area (Å²) in [5.74, 6) is 0.294. The lowest BCUT2D eigenvalue weighted by molar-refractivity contribution is -0.121. The Morgan fingerprint density at radius 3 is 2.59 bits per heavy atom. The number of aryl methyl sites for hydroxylation is 1. The summed E-state index contributed by atoms with van der Waals surface area (Å²) in [5, 5.41) is 8.56. The van der Waals surface area contributed by atoms with Gasteiger partial charge >= 0.3 is 0 Å². The lowest BCUT2D eigenvalue weighted by atomic mass is 10.00. The molecule has 0 radical (unpaired) electrons. The molecule has 0 spiro atoms. The Kier molecular flexibility index (Phi) is 7.45. The number of aromatic nitrogens is 6. The molecule has 5 aromatic rings. The minimum Gasteiger partial charge on any atom is -0.495 e. The van der Waals surface area contributed by atoms with Gasteiger partial charge in [-0.25, -0.2) is 9.67 Å². The molecule has 0 fully saturated rings. The summed E-state index contributed by atoms with van der Waals surface area (Å²) in [5.41, 5.74) is 4.42. The normalized spacial score (nSPS) is 12.0. The van der Waals surface area contributed by atoms with E-state index in [1.807, 2.05) is 32.0 Å². The number of ketones is 1. The Morgan fingerprint density at radius 2 is 1.87 bits per heavy atom. The topological polar surface area (TPSA) is 105 Å². The number of fused-ring (bicyclic) bond motifs is 1. The van der Waals surface area contributed by atoms with Crippen LogP contribution in [0.3, 0.4) is 0 Å². The van der Waals surface area contributed by atoms with Crippen LogP contribution in [0.4, 0.5) is 0 Å². The van der Waals surface area contributed by atoms with E-state index in [4.69, 9.17) is 27.9 Å². The first-order chi connectivity index (χ1) is 18.8. The first-order valence-electron chi connectivity index (χ1n) is 12.2. The SMILES string of the molecule is CCC(C(=O)Cc1ccc2ncc(C)nc2c1)n1cc(OC)c(-c2cc(Cl)ccc2-n2cc(Cl)nn2)cc1=O. The van der Waals surface area contributed by atoms with Crippen LogP contribution in [0.1, 0.15) is 30.6 Å². The molecule has 1 unspecified atom stereocenters. The minimum absolute atomic E-state index is 0.102. The van der Waals surface area contributed by atoms with Gasteiger partial charge in [0.25, 0.3) is 5.56 Å². The van der Waals surface area contributed by atoms with Crippen LogP contribution < -0.4 is 10.3 Å². The van der Waals surface area contributed by atoms with Crippen molar-refractivity contribution in [1.82, 2.24) is 29.5 Å². The van der Waals surface area contributed by atoms with Crippen LogP contribution in [0.2, 0.25) is 10.2 Å². The fraction of sp³-hybridized carbons (Fsp3) is 0.214. The van der Waals surface area contributed by atoms with Crippen molar-refractivity contribution in [2.24, 2.45) is 0 Å². The summed E-state index contributed by atoms with van der Waals surface area (Å²) in [6.45, 7) is 3.74. The van der Waals surface area contributed by atoms with Crippen molar-refractivity contribution in [3.63, 3.8) is 0 Å². The Labute approximate surface area is 234 Å². The van der Waals surface area contributed by atoms with Crippen molar-refractivity contribution < 1.29 is 9.53 Å². The molecule has 9 nitrogen and oxygen atoms in total. The molecule has 198 valence electrons. The smallest absolute Gasteiger partial charge is 0.252 e. The lowest BCUT2D eigenvalue weighted by Gasteiger charge is -2.20. The average molecular weight is 563 g/mol. The molecule has 0 N–H and O–H groups in total. The van der Waals surface area contributed by atoms with E-state index in [0.29, 0.717) is 34.0 Å². The summed E-state index contributed by atoms with van der Waals surface area (Å²) in [4.78, 5) is 35.8. The number of carbonyl (C=O) groups excluding carboxylic acids is 1. The first kappa shape index (κ1) is 26.5. The molecule has 0 aliphatic carbocycles. The van der Waals surface area contributed by atoms with E-state index >= 15 is 0 Å². The quantitative estimate of drug-likeness (QED) is 0.248. The van der Waals surface area contributed by atoms with Gasteiger partial charge in [-0.15, -0.1) is 5.10 Å². The van der Waals surface area contributed by atoms with E-state index in [1.165, 1.54) is 22.4 Å². The molecule has 0 saturated carbocycles. The minimum atomic E-state index is -0.687. The predicted molar refractivity (Wildman–Crippen MR) is 150 cm³/mol. The van der Waals surface area contributed by atoms with E-state index in [0.717, 1.165) is 22.3 Å². The Bertz CT molecular complexity index is 1760. The van der Waals surface area contributed by atoms with Gasteiger partial charge in [-0.05, 0) is 49.2 Å². The van der Waals surface area contributed by atoms with Crippen molar-refractivity contribution in [2.45, 2.75) is 32.7 Å². The van der Waals surface area contributed by atoms with Gasteiger partial charge in [0.2, 0.25) is 0 Å². The van der Waals surface area contributed by atoms with Crippen molar-refractivity contribution in [3.05, 3.63) is 92.8 Å². The number of hydrogen-bond acceptors (Lipinski definition) is 7. The number of methoxy groups -OCH3 is 1. The molecule has 0 amide bonds. The van der Waals surface area contributed by atoms with Gasteiger partial charge < -0.3 is 9.30 Å². The highest BCUT2D eigenvalue weighted by molar-refractivity contribution is 6.31. The molecule has 5 rings (SSSR count). The summed E-state index contributed by atoms with van der Waals surface area (Å²) in [6, 6.07) is 11.5. The van der Waals surface area contributed by atoms with Gasteiger partial charge in [-0.3, -0.25) is 14.6 Å². The standard InChI is InChI=1S/C28H24Cl2N6O3/c1-4-23(25(37)10-17-5-7-21-22(9-17)32-16(2)13-31-21)35-14-26(39-3)20(12-28(35)38)19-11-18(29)6-8-24(19)36-15-27(30)33-34-36/h5-9,11-15,23H,4,10H2,1-3H3. The van der Waals surface area contributed by atoms with Gasteiger partial charge in [0.15, 0.2) is 10.9 Å². The molecule has 1 atom stereocenters. The second kappa shape index (κ2) is 11.0. The van der Waals surface area contributed by atoms with Gasteiger partial charge in [-0.1, -0.05) is 41.4 Å². The monoisotopic (exact) mass is 562 g/mol. The van der Waals surface area contributed by atoms with E-state index < -0.39 is 6.04 Å². The average Bonchev–Trinajstić information content (AvgIpc) is 3.35. The maximum absolute atomic E-state index is 13.5. The fourth-order valence-electron chi connectivity index (χ4n) is 4.59. The van der Waals surface area contributed by atoms with Gasteiger partial charge in [-0.2, -0.15) is 0 Å². The van der Waals surface area contributed by atoms with Crippen LogP contribution >= 0.6 is 23.2 Å².